The van der Waals surface area contributed by atoms with Gasteiger partial charge in [-0.05, 0) is 12.8 Å². The van der Waals surface area contributed by atoms with E-state index in [2.05, 4.69) is 5.10 Å². The minimum atomic E-state index is 0. The highest BCUT2D eigenvalue weighted by atomic mass is 35.5. The van der Waals surface area contributed by atoms with E-state index in [1.165, 1.54) is 19.3 Å². The van der Waals surface area contributed by atoms with Crippen molar-refractivity contribution in [2.75, 3.05) is 6.61 Å². The molecule has 1 saturated carbocycles. The second-order valence-corrected chi connectivity index (χ2v) is 4.48. The van der Waals surface area contributed by atoms with E-state index in [1.54, 1.807) is 0 Å². The van der Waals surface area contributed by atoms with Crippen molar-refractivity contribution in [3.05, 3.63) is 11.8 Å². The van der Waals surface area contributed by atoms with Gasteiger partial charge in [-0.2, -0.15) is 5.10 Å². The van der Waals surface area contributed by atoms with Crippen molar-refractivity contribution in [3.63, 3.8) is 0 Å². The standard InChI is InChI=1S/C10H15N3O.ClH/c11-5-8-4-9-13(12-8)6-10(7-14-9)2-1-3-10;/h4H,1-3,5-7,11H2;1H. The van der Waals surface area contributed by atoms with Gasteiger partial charge in [0.05, 0.1) is 18.8 Å². The summed E-state index contributed by atoms with van der Waals surface area (Å²) in [5, 5.41) is 4.41. The highest BCUT2D eigenvalue weighted by molar-refractivity contribution is 5.85. The Morgan fingerprint density at radius 3 is 2.93 bits per heavy atom. The quantitative estimate of drug-likeness (QED) is 0.791. The number of ether oxygens (including phenoxy) is 1. The zero-order chi connectivity index (χ0) is 9.60. The van der Waals surface area contributed by atoms with Crippen LogP contribution in [0.4, 0.5) is 0 Å². The van der Waals surface area contributed by atoms with E-state index in [1.807, 2.05) is 10.7 Å². The summed E-state index contributed by atoms with van der Waals surface area (Å²) in [6.07, 6.45) is 3.90. The lowest BCUT2D eigenvalue weighted by atomic mass is 9.69. The summed E-state index contributed by atoms with van der Waals surface area (Å²) in [6, 6.07) is 1.95. The van der Waals surface area contributed by atoms with Gasteiger partial charge >= 0.3 is 0 Å². The fraction of sp³-hybridized carbons (Fsp3) is 0.700. The van der Waals surface area contributed by atoms with Crippen molar-refractivity contribution in [3.8, 4) is 5.88 Å². The molecule has 84 valence electrons. The number of nitrogens with zero attached hydrogens (tertiary/aromatic N) is 2. The van der Waals surface area contributed by atoms with Crippen LogP contribution in [0, 0.1) is 5.41 Å². The Morgan fingerprint density at radius 1 is 1.53 bits per heavy atom. The van der Waals surface area contributed by atoms with E-state index in [4.69, 9.17) is 10.5 Å². The average Bonchev–Trinajstić information content (AvgIpc) is 2.56. The number of halogens is 1. The topological polar surface area (TPSA) is 53.1 Å². The van der Waals surface area contributed by atoms with Crippen LogP contribution in [-0.4, -0.2) is 16.4 Å². The molecule has 1 aromatic heterocycles. The molecule has 0 atom stereocenters. The second kappa shape index (κ2) is 3.68. The van der Waals surface area contributed by atoms with Crippen LogP contribution >= 0.6 is 12.4 Å². The highest BCUT2D eigenvalue weighted by Crippen LogP contribution is 2.45. The van der Waals surface area contributed by atoms with Crippen molar-refractivity contribution < 1.29 is 4.74 Å². The molecule has 4 nitrogen and oxygen atoms in total. The summed E-state index contributed by atoms with van der Waals surface area (Å²) in [5.41, 5.74) is 6.87. The Labute approximate surface area is 95.2 Å². The Balaban J connectivity index is 0.000000853. The minimum absolute atomic E-state index is 0. The van der Waals surface area contributed by atoms with Crippen LogP contribution in [0.1, 0.15) is 25.0 Å². The molecule has 5 heteroatoms. The van der Waals surface area contributed by atoms with Crippen molar-refractivity contribution in [1.82, 2.24) is 9.78 Å². The molecule has 0 amide bonds. The average molecular weight is 230 g/mol. The maximum Gasteiger partial charge on any atom is 0.212 e. The van der Waals surface area contributed by atoms with Crippen LogP contribution in [0.2, 0.25) is 0 Å². The smallest absolute Gasteiger partial charge is 0.212 e. The molecule has 0 saturated heterocycles. The first-order valence-corrected chi connectivity index (χ1v) is 5.21. The van der Waals surface area contributed by atoms with Gasteiger partial charge in [0.25, 0.3) is 0 Å². The summed E-state index contributed by atoms with van der Waals surface area (Å²) in [7, 11) is 0. The van der Waals surface area contributed by atoms with Gasteiger partial charge in [-0.1, -0.05) is 6.42 Å². The van der Waals surface area contributed by atoms with Crippen molar-refractivity contribution >= 4 is 12.4 Å². The van der Waals surface area contributed by atoms with E-state index in [-0.39, 0.29) is 12.4 Å². The van der Waals surface area contributed by atoms with Crippen LogP contribution in [0.25, 0.3) is 0 Å². The van der Waals surface area contributed by atoms with Gasteiger partial charge in [-0.25, -0.2) is 4.68 Å². The Kier molecular flexibility index (Phi) is 2.64. The molecule has 1 aliphatic heterocycles. The summed E-state index contributed by atoms with van der Waals surface area (Å²) >= 11 is 0. The van der Waals surface area contributed by atoms with Crippen LogP contribution < -0.4 is 10.5 Å². The molecule has 0 unspecified atom stereocenters. The lowest BCUT2D eigenvalue weighted by Crippen LogP contribution is -2.43. The number of hydrogen-bond acceptors (Lipinski definition) is 3. The maximum absolute atomic E-state index is 5.71. The van der Waals surface area contributed by atoms with E-state index >= 15 is 0 Å². The summed E-state index contributed by atoms with van der Waals surface area (Å²) < 4.78 is 7.69. The minimum Gasteiger partial charge on any atom is -0.477 e. The van der Waals surface area contributed by atoms with Gasteiger partial charge in [-0.15, -0.1) is 12.4 Å². The van der Waals surface area contributed by atoms with Crippen LogP contribution in [0.5, 0.6) is 5.88 Å². The molecular weight excluding hydrogens is 214 g/mol. The molecule has 3 rings (SSSR count). The summed E-state index contributed by atoms with van der Waals surface area (Å²) in [4.78, 5) is 0. The van der Waals surface area contributed by atoms with E-state index in [0.29, 0.717) is 12.0 Å². The first kappa shape index (κ1) is 10.8. The van der Waals surface area contributed by atoms with Crippen LogP contribution in [0.3, 0.4) is 0 Å². The number of aromatic nitrogens is 2. The lowest BCUT2D eigenvalue weighted by Gasteiger charge is -2.43. The maximum atomic E-state index is 5.71. The zero-order valence-electron chi connectivity index (χ0n) is 8.61. The highest BCUT2D eigenvalue weighted by Gasteiger charge is 2.41. The SMILES string of the molecule is Cl.NCc1cc2n(n1)CC1(CCC1)CO2. The Morgan fingerprint density at radius 2 is 2.33 bits per heavy atom. The molecule has 2 N–H and O–H groups in total. The van der Waals surface area contributed by atoms with E-state index < -0.39 is 0 Å². The van der Waals surface area contributed by atoms with E-state index in [0.717, 1.165) is 24.7 Å². The molecule has 1 fully saturated rings. The fourth-order valence-corrected chi connectivity index (χ4v) is 2.35. The zero-order valence-corrected chi connectivity index (χ0v) is 9.42. The largest absolute Gasteiger partial charge is 0.477 e. The van der Waals surface area contributed by atoms with Gasteiger partial charge in [0.15, 0.2) is 0 Å². The van der Waals surface area contributed by atoms with Crippen molar-refractivity contribution in [2.45, 2.75) is 32.4 Å². The molecule has 1 spiro atoms. The molecular formula is C10H16ClN3O. The molecule has 2 heterocycles. The van der Waals surface area contributed by atoms with Gasteiger partial charge < -0.3 is 10.5 Å². The van der Waals surface area contributed by atoms with Crippen LogP contribution in [-0.2, 0) is 13.1 Å². The number of hydrogen-bond donors (Lipinski definition) is 1. The van der Waals surface area contributed by atoms with Gasteiger partial charge in [0.2, 0.25) is 5.88 Å². The van der Waals surface area contributed by atoms with Gasteiger partial charge in [-0.3, -0.25) is 0 Å². The predicted octanol–water partition coefficient (Wildman–Crippen LogP) is 1.33. The normalized spacial score (nSPS) is 21.1. The monoisotopic (exact) mass is 229 g/mol. The third-order valence-electron chi connectivity index (χ3n) is 3.43. The molecule has 1 aliphatic carbocycles. The first-order valence-electron chi connectivity index (χ1n) is 5.21. The lowest BCUT2D eigenvalue weighted by molar-refractivity contribution is 0.00184. The molecule has 2 aliphatic rings. The first-order chi connectivity index (χ1) is 6.81. The van der Waals surface area contributed by atoms with Crippen LogP contribution in [0.15, 0.2) is 6.07 Å². The third-order valence-corrected chi connectivity index (χ3v) is 3.43. The van der Waals surface area contributed by atoms with Gasteiger partial charge in [0, 0.05) is 18.0 Å². The Hall–Kier alpha value is -0.740. The molecule has 0 bridgehead atoms. The van der Waals surface area contributed by atoms with Gasteiger partial charge in [0.1, 0.15) is 0 Å². The number of rotatable bonds is 1. The molecule has 0 radical (unpaired) electrons. The summed E-state index contributed by atoms with van der Waals surface area (Å²) in [5.74, 6) is 0.892. The van der Waals surface area contributed by atoms with Crippen molar-refractivity contribution in [2.24, 2.45) is 11.1 Å². The number of nitrogens with two attached hydrogens (primary N) is 1. The molecule has 1 aromatic rings. The Bertz CT molecular complexity index is 360. The van der Waals surface area contributed by atoms with E-state index in [9.17, 15) is 0 Å². The number of fused-ring (bicyclic) bond motifs is 1. The second-order valence-electron chi connectivity index (χ2n) is 4.48. The third kappa shape index (κ3) is 1.62. The fourth-order valence-electron chi connectivity index (χ4n) is 2.35. The molecule has 15 heavy (non-hydrogen) atoms. The van der Waals surface area contributed by atoms with Crippen molar-refractivity contribution in [1.29, 1.82) is 0 Å². The summed E-state index contributed by atoms with van der Waals surface area (Å²) in [6.45, 7) is 2.38. The predicted molar refractivity (Wildman–Crippen MR) is 59.1 cm³/mol. The molecule has 0 aromatic carbocycles.